The maximum absolute atomic E-state index is 13.4. The minimum atomic E-state index is -4.72. The predicted octanol–water partition coefficient (Wildman–Crippen LogP) is 2.40. The van der Waals surface area contributed by atoms with Crippen LogP contribution in [0, 0.1) is 5.82 Å². The molecule has 1 aromatic carbocycles. The minimum Gasteiger partial charge on any atom is -0.300 e. The molecule has 1 fully saturated rings. The van der Waals surface area contributed by atoms with Gasteiger partial charge in [-0.2, -0.15) is 24.9 Å². The van der Waals surface area contributed by atoms with Gasteiger partial charge in [0.1, 0.15) is 5.82 Å². The van der Waals surface area contributed by atoms with E-state index in [1.807, 2.05) is 7.05 Å². The molecule has 0 radical (unpaired) electrons. The maximum atomic E-state index is 13.4. The van der Waals surface area contributed by atoms with Gasteiger partial charge in [0, 0.05) is 24.1 Å². The Kier molecular flexibility index (Phi) is 5.13. The summed E-state index contributed by atoms with van der Waals surface area (Å²) in [5.41, 5.74) is 1.65. The average molecular weight is 323 g/mol. The van der Waals surface area contributed by atoms with Crippen LogP contribution in [0.4, 0.5) is 17.6 Å². The molecule has 3 nitrogen and oxygen atoms in total. The van der Waals surface area contributed by atoms with Crippen molar-refractivity contribution in [3.63, 3.8) is 0 Å². The van der Waals surface area contributed by atoms with Crippen molar-refractivity contribution >= 4 is 11.8 Å². The number of hydrazine groups is 1. The highest BCUT2D eigenvalue weighted by Crippen LogP contribution is 2.34. The number of nitrogens with zero attached hydrogens (tertiary/aromatic N) is 1. The van der Waals surface area contributed by atoms with Crippen molar-refractivity contribution in [2.45, 2.75) is 18.3 Å². The van der Waals surface area contributed by atoms with Crippen LogP contribution in [0.2, 0.25) is 0 Å². The highest BCUT2D eigenvalue weighted by Gasteiger charge is 2.36. The molecule has 0 amide bonds. The zero-order valence-corrected chi connectivity index (χ0v) is 12.3. The molecular weight excluding hydrogens is 306 g/mol. The highest BCUT2D eigenvalue weighted by atomic mass is 32.2. The minimum absolute atomic E-state index is 0.0414. The Morgan fingerprint density at radius 1 is 1.43 bits per heavy atom. The maximum Gasteiger partial charge on any atom is 0.419 e. The van der Waals surface area contributed by atoms with Crippen LogP contribution in [0.3, 0.4) is 0 Å². The molecule has 21 heavy (non-hydrogen) atoms. The summed E-state index contributed by atoms with van der Waals surface area (Å²) in [5.74, 6) is 5.99. The van der Waals surface area contributed by atoms with Crippen molar-refractivity contribution in [2.75, 3.05) is 25.1 Å². The Hall–Kier alpha value is -0.830. The molecule has 0 aliphatic carbocycles. The van der Waals surface area contributed by atoms with Crippen molar-refractivity contribution < 1.29 is 17.6 Å². The monoisotopic (exact) mass is 323 g/mol. The molecule has 0 saturated carbocycles. The van der Waals surface area contributed by atoms with Crippen LogP contribution in [0.1, 0.15) is 17.2 Å². The molecular formula is C13H17F4N3S. The zero-order chi connectivity index (χ0) is 15.6. The van der Waals surface area contributed by atoms with Gasteiger partial charge in [0.2, 0.25) is 0 Å². The van der Waals surface area contributed by atoms with E-state index in [1.165, 1.54) is 6.07 Å². The van der Waals surface area contributed by atoms with E-state index in [4.69, 9.17) is 5.84 Å². The number of hydrogen-bond acceptors (Lipinski definition) is 4. The molecule has 1 aliphatic rings. The number of likely N-dealkylation sites (N-methyl/N-ethyl adjacent to an activating group) is 1. The Labute approximate surface area is 124 Å². The highest BCUT2D eigenvalue weighted by molar-refractivity contribution is 7.99. The van der Waals surface area contributed by atoms with Crippen LogP contribution in [-0.4, -0.2) is 36.0 Å². The van der Waals surface area contributed by atoms with E-state index in [1.54, 1.807) is 11.8 Å². The summed E-state index contributed by atoms with van der Waals surface area (Å²) < 4.78 is 51.8. The summed E-state index contributed by atoms with van der Waals surface area (Å²) in [6.07, 6.45) is -4.72. The third-order valence-corrected chi connectivity index (χ3v) is 4.71. The molecule has 0 spiro atoms. The first-order chi connectivity index (χ1) is 9.84. The largest absolute Gasteiger partial charge is 0.419 e. The fourth-order valence-electron chi connectivity index (χ4n) is 2.44. The Morgan fingerprint density at radius 2 is 2.14 bits per heavy atom. The molecule has 3 N–H and O–H groups in total. The van der Waals surface area contributed by atoms with Crippen LogP contribution in [-0.2, 0) is 6.18 Å². The number of halogens is 4. The number of nitrogens with one attached hydrogen (secondary N) is 1. The molecule has 1 saturated heterocycles. The normalized spacial score (nSPS) is 22.3. The Balaban J connectivity index is 2.34. The van der Waals surface area contributed by atoms with E-state index in [9.17, 15) is 17.6 Å². The second-order valence-corrected chi connectivity index (χ2v) is 6.15. The van der Waals surface area contributed by atoms with Gasteiger partial charge in [-0.3, -0.25) is 16.2 Å². The lowest BCUT2D eigenvalue weighted by Crippen LogP contribution is -2.49. The summed E-state index contributed by atoms with van der Waals surface area (Å²) in [7, 11) is 1.91. The Morgan fingerprint density at radius 3 is 2.71 bits per heavy atom. The van der Waals surface area contributed by atoms with Crippen LogP contribution in [0.25, 0.3) is 0 Å². The number of benzene rings is 1. The first kappa shape index (κ1) is 16.5. The number of thioether (sulfide) groups is 1. The van der Waals surface area contributed by atoms with Crippen molar-refractivity contribution in [2.24, 2.45) is 5.84 Å². The summed E-state index contributed by atoms with van der Waals surface area (Å²) >= 11 is 1.72. The van der Waals surface area contributed by atoms with Gasteiger partial charge in [-0.05, 0) is 24.7 Å². The van der Waals surface area contributed by atoms with Gasteiger partial charge in [0.15, 0.2) is 0 Å². The lowest BCUT2D eigenvalue weighted by atomic mass is 9.97. The number of rotatable bonds is 3. The third kappa shape index (κ3) is 3.68. The van der Waals surface area contributed by atoms with E-state index in [2.05, 4.69) is 10.3 Å². The second kappa shape index (κ2) is 6.51. The van der Waals surface area contributed by atoms with Crippen LogP contribution in [0.5, 0.6) is 0 Å². The van der Waals surface area contributed by atoms with E-state index in [0.717, 1.165) is 30.2 Å². The van der Waals surface area contributed by atoms with Crippen molar-refractivity contribution in [1.82, 2.24) is 10.3 Å². The van der Waals surface area contributed by atoms with Gasteiger partial charge in [-0.25, -0.2) is 4.39 Å². The molecule has 118 valence electrons. The standard InChI is InChI=1S/C13H17F4N3S/c1-20-4-5-21-7-11(20)12(19-18)8-2-3-10(14)9(6-8)13(15,16)17/h2-3,6,11-12,19H,4-5,7,18H2,1H3. The first-order valence-electron chi connectivity index (χ1n) is 6.45. The fraction of sp³-hybridized carbons (Fsp3) is 0.538. The van der Waals surface area contributed by atoms with E-state index in [-0.39, 0.29) is 6.04 Å². The van der Waals surface area contributed by atoms with Gasteiger partial charge in [0.05, 0.1) is 11.6 Å². The molecule has 2 rings (SSSR count). The summed E-state index contributed by atoms with van der Waals surface area (Å²) in [6, 6.07) is 2.51. The van der Waals surface area contributed by atoms with Gasteiger partial charge in [-0.15, -0.1) is 0 Å². The summed E-state index contributed by atoms with van der Waals surface area (Å²) in [4.78, 5) is 2.05. The molecule has 8 heteroatoms. The number of nitrogens with two attached hydrogens (primary N) is 1. The molecule has 2 unspecified atom stereocenters. The fourth-order valence-corrected chi connectivity index (χ4v) is 3.71. The van der Waals surface area contributed by atoms with E-state index >= 15 is 0 Å². The molecule has 1 heterocycles. The van der Waals surface area contributed by atoms with Crippen LogP contribution >= 0.6 is 11.8 Å². The molecule has 0 bridgehead atoms. The van der Waals surface area contributed by atoms with E-state index < -0.39 is 23.6 Å². The van der Waals surface area contributed by atoms with E-state index in [0.29, 0.717) is 5.56 Å². The molecule has 1 aliphatic heterocycles. The first-order valence-corrected chi connectivity index (χ1v) is 7.61. The number of alkyl halides is 3. The predicted molar refractivity (Wildman–Crippen MR) is 75.2 cm³/mol. The number of hydrogen-bond donors (Lipinski definition) is 2. The smallest absolute Gasteiger partial charge is 0.300 e. The summed E-state index contributed by atoms with van der Waals surface area (Å²) in [5, 5.41) is 0. The topological polar surface area (TPSA) is 41.3 Å². The summed E-state index contributed by atoms with van der Waals surface area (Å²) in [6.45, 7) is 0.834. The SMILES string of the molecule is CN1CCSCC1C(NN)c1ccc(F)c(C(F)(F)F)c1. The third-order valence-electron chi connectivity index (χ3n) is 3.66. The van der Waals surface area contributed by atoms with Gasteiger partial charge < -0.3 is 0 Å². The van der Waals surface area contributed by atoms with Crippen molar-refractivity contribution in [3.05, 3.63) is 35.1 Å². The van der Waals surface area contributed by atoms with Crippen molar-refractivity contribution in [3.8, 4) is 0 Å². The molecule has 2 atom stereocenters. The van der Waals surface area contributed by atoms with Crippen LogP contribution < -0.4 is 11.3 Å². The quantitative estimate of drug-likeness (QED) is 0.509. The van der Waals surface area contributed by atoms with Gasteiger partial charge in [-0.1, -0.05) is 6.07 Å². The van der Waals surface area contributed by atoms with Gasteiger partial charge in [0.25, 0.3) is 0 Å². The lowest BCUT2D eigenvalue weighted by molar-refractivity contribution is -0.140. The van der Waals surface area contributed by atoms with Crippen molar-refractivity contribution in [1.29, 1.82) is 0 Å². The second-order valence-electron chi connectivity index (χ2n) is 5.00. The average Bonchev–Trinajstić information content (AvgIpc) is 2.42. The zero-order valence-electron chi connectivity index (χ0n) is 11.5. The van der Waals surface area contributed by atoms with Crippen LogP contribution in [0.15, 0.2) is 18.2 Å². The Bertz CT molecular complexity index is 495. The molecule has 0 aromatic heterocycles. The lowest BCUT2D eigenvalue weighted by Gasteiger charge is -2.37. The molecule has 1 aromatic rings. The van der Waals surface area contributed by atoms with Gasteiger partial charge >= 0.3 is 6.18 Å².